The lowest BCUT2D eigenvalue weighted by molar-refractivity contribution is -0.138. The second-order valence-electron chi connectivity index (χ2n) is 7.50. The standard InChI is InChI=1S/C25H20F3N5O4/c1-14(13-29)22(34)19-8-5-16(11-20(19)25(26,27)28)33-24(36)32-15-3-6-17(7-4-15)37-18-9-10-31-21(12-18)23(35)30-2/h3-12,22,34H,1H2,2H3,(H,30,35)(H2,32,33,36). The summed E-state index contributed by atoms with van der Waals surface area (Å²) in [5.41, 5.74) is -1.93. The van der Waals surface area contributed by atoms with Crippen molar-refractivity contribution < 1.29 is 32.6 Å². The molecular weight excluding hydrogens is 491 g/mol. The lowest BCUT2D eigenvalue weighted by atomic mass is 9.97. The maximum Gasteiger partial charge on any atom is 0.416 e. The fourth-order valence-corrected chi connectivity index (χ4v) is 3.13. The summed E-state index contributed by atoms with van der Waals surface area (Å²) in [6.07, 6.45) is -5.28. The molecule has 1 heterocycles. The van der Waals surface area contributed by atoms with E-state index in [1.54, 1.807) is 6.07 Å². The zero-order valence-electron chi connectivity index (χ0n) is 19.3. The summed E-state index contributed by atoms with van der Waals surface area (Å²) in [5.74, 6) is 0.374. The predicted molar refractivity (Wildman–Crippen MR) is 128 cm³/mol. The van der Waals surface area contributed by atoms with Crippen LogP contribution in [0.5, 0.6) is 11.5 Å². The van der Waals surface area contributed by atoms with Crippen LogP contribution >= 0.6 is 0 Å². The van der Waals surface area contributed by atoms with E-state index >= 15 is 0 Å². The van der Waals surface area contributed by atoms with Crippen LogP contribution in [-0.2, 0) is 6.18 Å². The minimum Gasteiger partial charge on any atom is -0.457 e. The van der Waals surface area contributed by atoms with E-state index in [4.69, 9.17) is 10.00 Å². The highest BCUT2D eigenvalue weighted by molar-refractivity contribution is 5.99. The first-order chi connectivity index (χ1) is 17.5. The van der Waals surface area contributed by atoms with Gasteiger partial charge in [0.25, 0.3) is 5.91 Å². The summed E-state index contributed by atoms with van der Waals surface area (Å²) in [5, 5.41) is 26.1. The second-order valence-corrected chi connectivity index (χ2v) is 7.50. The van der Waals surface area contributed by atoms with Crippen LogP contribution in [0.25, 0.3) is 0 Å². The fourth-order valence-electron chi connectivity index (χ4n) is 3.13. The average Bonchev–Trinajstić information content (AvgIpc) is 2.88. The largest absolute Gasteiger partial charge is 0.457 e. The van der Waals surface area contributed by atoms with Gasteiger partial charge < -0.3 is 25.8 Å². The van der Waals surface area contributed by atoms with E-state index in [0.717, 1.165) is 12.1 Å². The third kappa shape index (κ3) is 6.83. The van der Waals surface area contributed by atoms with Gasteiger partial charge in [0.05, 0.1) is 17.2 Å². The van der Waals surface area contributed by atoms with Gasteiger partial charge in [-0.05, 0) is 48.0 Å². The monoisotopic (exact) mass is 511 g/mol. The Balaban J connectivity index is 1.68. The number of urea groups is 1. The molecule has 9 nitrogen and oxygen atoms in total. The van der Waals surface area contributed by atoms with Gasteiger partial charge in [0.1, 0.15) is 23.3 Å². The van der Waals surface area contributed by atoms with E-state index in [-0.39, 0.29) is 17.3 Å². The van der Waals surface area contributed by atoms with Crippen LogP contribution in [-0.4, -0.2) is 29.1 Å². The number of nitrogens with zero attached hydrogens (tertiary/aromatic N) is 2. The lowest BCUT2D eigenvalue weighted by Gasteiger charge is -2.18. The molecule has 12 heteroatoms. The van der Waals surface area contributed by atoms with Crippen molar-refractivity contribution >= 4 is 23.3 Å². The lowest BCUT2D eigenvalue weighted by Crippen LogP contribution is -2.20. The van der Waals surface area contributed by atoms with Crippen LogP contribution in [0, 0.1) is 11.3 Å². The molecule has 3 aromatic rings. The summed E-state index contributed by atoms with van der Waals surface area (Å²) >= 11 is 0. The average molecular weight is 511 g/mol. The van der Waals surface area contributed by atoms with Crippen molar-refractivity contribution in [1.29, 1.82) is 5.26 Å². The van der Waals surface area contributed by atoms with Crippen molar-refractivity contribution in [3.05, 3.63) is 89.8 Å². The molecule has 0 spiro atoms. The number of ether oxygens (including phenoxy) is 1. The summed E-state index contributed by atoms with van der Waals surface area (Å²) in [4.78, 5) is 28.0. The minimum absolute atomic E-state index is 0.168. The number of carbonyl (C=O) groups excluding carboxylic acids is 2. The molecule has 0 aliphatic heterocycles. The molecule has 0 aliphatic rings. The Morgan fingerprint density at radius 1 is 1.05 bits per heavy atom. The molecule has 2 aromatic carbocycles. The number of aliphatic hydroxyl groups is 1. The number of anilines is 2. The predicted octanol–water partition coefficient (Wildman–Crippen LogP) is 5.01. The SMILES string of the molecule is C=C(C#N)C(O)c1ccc(NC(=O)Nc2ccc(Oc3ccnc(C(=O)NC)c3)cc2)cc1C(F)(F)F. The number of alkyl halides is 3. The van der Waals surface area contributed by atoms with Gasteiger partial charge in [0.15, 0.2) is 0 Å². The highest BCUT2D eigenvalue weighted by atomic mass is 19.4. The number of pyridine rings is 1. The molecule has 0 saturated heterocycles. The number of aromatic nitrogens is 1. The van der Waals surface area contributed by atoms with Crippen LogP contribution in [0.15, 0.2) is 72.9 Å². The normalized spacial score (nSPS) is 11.6. The first-order valence-corrected chi connectivity index (χ1v) is 10.5. The molecule has 37 heavy (non-hydrogen) atoms. The Morgan fingerprint density at radius 3 is 2.32 bits per heavy atom. The number of benzene rings is 2. The summed E-state index contributed by atoms with van der Waals surface area (Å²) in [7, 11) is 1.47. The second kappa shape index (κ2) is 11.2. The zero-order chi connectivity index (χ0) is 27.2. The minimum atomic E-state index is -4.86. The van der Waals surface area contributed by atoms with Gasteiger partial charge in [0.2, 0.25) is 0 Å². The van der Waals surface area contributed by atoms with E-state index in [1.165, 1.54) is 49.6 Å². The van der Waals surface area contributed by atoms with Crippen molar-refractivity contribution in [2.24, 2.45) is 0 Å². The smallest absolute Gasteiger partial charge is 0.416 e. The molecule has 1 atom stereocenters. The quantitative estimate of drug-likeness (QED) is 0.329. The van der Waals surface area contributed by atoms with Gasteiger partial charge in [-0.2, -0.15) is 18.4 Å². The number of halogens is 3. The van der Waals surface area contributed by atoms with Crippen LogP contribution in [0.1, 0.15) is 27.7 Å². The van der Waals surface area contributed by atoms with Gasteiger partial charge in [-0.25, -0.2) is 4.79 Å². The molecule has 0 radical (unpaired) electrons. The van der Waals surface area contributed by atoms with E-state index in [0.29, 0.717) is 23.3 Å². The van der Waals surface area contributed by atoms with Crippen molar-refractivity contribution in [2.75, 3.05) is 17.7 Å². The maximum absolute atomic E-state index is 13.5. The van der Waals surface area contributed by atoms with E-state index in [1.807, 2.05) is 0 Å². The fraction of sp³-hybridized carbons (Fsp3) is 0.120. The number of hydrogen-bond acceptors (Lipinski definition) is 6. The molecule has 0 aliphatic carbocycles. The highest BCUT2D eigenvalue weighted by Crippen LogP contribution is 2.38. The van der Waals surface area contributed by atoms with Crippen molar-refractivity contribution in [1.82, 2.24) is 10.3 Å². The first kappa shape index (κ1) is 26.7. The molecule has 0 fully saturated rings. The first-order valence-electron chi connectivity index (χ1n) is 10.5. The van der Waals surface area contributed by atoms with Crippen LogP contribution in [0.2, 0.25) is 0 Å². The zero-order valence-corrected chi connectivity index (χ0v) is 19.3. The Morgan fingerprint density at radius 2 is 1.70 bits per heavy atom. The summed E-state index contributed by atoms with van der Waals surface area (Å²) in [6, 6.07) is 12.6. The Hall–Kier alpha value is -4.89. The summed E-state index contributed by atoms with van der Waals surface area (Å²) < 4.78 is 46.2. The maximum atomic E-state index is 13.5. The molecule has 4 N–H and O–H groups in total. The molecule has 1 aromatic heterocycles. The molecule has 3 rings (SSSR count). The van der Waals surface area contributed by atoms with Crippen molar-refractivity contribution in [3.8, 4) is 17.6 Å². The van der Waals surface area contributed by atoms with E-state index in [2.05, 4.69) is 27.5 Å². The van der Waals surface area contributed by atoms with Crippen LogP contribution < -0.4 is 20.7 Å². The van der Waals surface area contributed by atoms with Gasteiger partial charge >= 0.3 is 12.2 Å². The number of nitrogens with one attached hydrogen (secondary N) is 3. The molecular formula is C25H20F3N5O4. The van der Waals surface area contributed by atoms with Gasteiger partial charge in [-0.1, -0.05) is 12.6 Å². The van der Waals surface area contributed by atoms with Crippen molar-refractivity contribution in [2.45, 2.75) is 12.3 Å². The molecule has 0 bridgehead atoms. The number of hydrogen-bond donors (Lipinski definition) is 4. The Bertz CT molecular complexity index is 1370. The molecule has 0 saturated carbocycles. The Kier molecular flexibility index (Phi) is 8.11. The number of amides is 3. The number of aliphatic hydroxyl groups excluding tert-OH is 1. The molecule has 190 valence electrons. The number of carbonyl (C=O) groups is 2. The van der Waals surface area contributed by atoms with Crippen LogP contribution in [0.3, 0.4) is 0 Å². The van der Waals surface area contributed by atoms with E-state index < -0.39 is 35.0 Å². The van der Waals surface area contributed by atoms with Gasteiger partial charge in [-0.3, -0.25) is 9.78 Å². The molecule has 1 unspecified atom stereocenters. The highest BCUT2D eigenvalue weighted by Gasteiger charge is 2.36. The van der Waals surface area contributed by atoms with Crippen LogP contribution in [0.4, 0.5) is 29.3 Å². The van der Waals surface area contributed by atoms with E-state index in [9.17, 15) is 27.9 Å². The summed E-state index contributed by atoms with van der Waals surface area (Å²) in [6.45, 7) is 3.25. The van der Waals surface area contributed by atoms with Gasteiger partial charge in [0, 0.05) is 30.7 Å². The van der Waals surface area contributed by atoms with Crippen molar-refractivity contribution in [3.63, 3.8) is 0 Å². The number of nitriles is 1. The topological polar surface area (TPSA) is 136 Å². The Labute approximate surface area is 209 Å². The van der Waals surface area contributed by atoms with Gasteiger partial charge in [-0.15, -0.1) is 0 Å². The third-order valence-corrected chi connectivity index (χ3v) is 4.92. The third-order valence-electron chi connectivity index (χ3n) is 4.92. The number of rotatable bonds is 7. The molecule has 3 amide bonds.